The number of amides is 1. The largest absolute Gasteiger partial charge is 0.496 e. The van der Waals surface area contributed by atoms with Gasteiger partial charge in [-0.15, -0.1) is 0 Å². The quantitative estimate of drug-likeness (QED) is 0.823. The Morgan fingerprint density at radius 3 is 2.63 bits per heavy atom. The van der Waals surface area contributed by atoms with Gasteiger partial charge in [0.1, 0.15) is 11.8 Å². The van der Waals surface area contributed by atoms with Crippen molar-refractivity contribution in [2.24, 2.45) is 0 Å². The zero-order valence-corrected chi connectivity index (χ0v) is 11.6. The van der Waals surface area contributed by atoms with Crippen LogP contribution in [0.3, 0.4) is 0 Å². The van der Waals surface area contributed by atoms with Crippen LogP contribution >= 0.6 is 0 Å². The Balaban J connectivity index is 2.75. The van der Waals surface area contributed by atoms with Crippen molar-refractivity contribution in [1.29, 1.82) is 0 Å². The number of carbonyl (C=O) groups excluding carboxylic acids is 2. The minimum Gasteiger partial charge on any atom is -0.496 e. The Kier molecular flexibility index (Phi) is 5.36. The normalized spacial score (nSPS) is 11.6. The lowest BCUT2D eigenvalue weighted by Crippen LogP contribution is -2.39. The van der Waals surface area contributed by atoms with Gasteiger partial charge < -0.3 is 14.8 Å². The van der Waals surface area contributed by atoms with E-state index in [0.717, 1.165) is 5.56 Å². The van der Waals surface area contributed by atoms with Crippen molar-refractivity contribution in [3.05, 3.63) is 29.3 Å². The molecule has 0 aromatic heterocycles. The molecule has 1 aromatic rings. The first kappa shape index (κ1) is 15.0. The molecular weight excluding hydrogens is 246 g/mol. The molecule has 1 rings (SSSR count). The monoisotopic (exact) mass is 265 g/mol. The average molecular weight is 265 g/mol. The number of aryl methyl sites for hydroxylation is 1. The van der Waals surface area contributed by atoms with Gasteiger partial charge in [-0.05, 0) is 38.5 Å². The van der Waals surface area contributed by atoms with Crippen LogP contribution in [0, 0.1) is 6.92 Å². The Morgan fingerprint density at radius 1 is 1.37 bits per heavy atom. The number of benzene rings is 1. The molecule has 5 nitrogen and oxygen atoms in total. The summed E-state index contributed by atoms with van der Waals surface area (Å²) in [5.41, 5.74) is 1.39. The maximum absolute atomic E-state index is 12.0. The van der Waals surface area contributed by atoms with Crippen molar-refractivity contribution in [2.45, 2.75) is 26.8 Å². The second-order valence-corrected chi connectivity index (χ2v) is 4.13. The van der Waals surface area contributed by atoms with Crippen molar-refractivity contribution in [1.82, 2.24) is 5.32 Å². The number of hydrogen-bond acceptors (Lipinski definition) is 4. The maximum atomic E-state index is 12.0. The van der Waals surface area contributed by atoms with Crippen LogP contribution in [0.15, 0.2) is 18.2 Å². The number of hydrogen-bond donors (Lipinski definition) is 1. The SMILES string of the molecule is CCOC(=O)C(C)NC(=O)c1ccc(C)c(OC)c1. The van der Waals surface area contributed by atoms with Crippen molar-refractivity contribution in [3.8, 4) is 5.75 Å². The maximum Gasteiger partial charge on any atom is 0.328 e. The standard InChI is InChI=1S/C14H19NO4/c1-5-19-14(17)10(3)15-13(16)11-7-6-9(2)12(8-11)18-4/h6-8,10H,5H2,1-4H3,(H,15,16). The van der Waals surface area contributed by atoms with Crippen molar-refractivity contribution < 1.29 is 19.1 Å². The van der Waals surface area contributed by atoms with E-state index in [1.165, 1.54) is 0 Å². The van der Waals surface area contributed by atoms with E-state index in [1.807, 2.05) is 6.92 Å². The van der Waals surface area contributed by atoms with Crippen molar-refractivity contribution >= 4 is 11.9 Å². The van der Waals surface area contributed by atoms with Gasteiger partial charge in [0, 0.05) is 5.56 Å². The van der Waals surface area contributed by atoms with Gasteiger partial charge in [0.2, 0.25) is 0 Å². The minimum atomic E-state index is -0.681. The number of carbonyl (C=O) groups is 2. The highest BCUT2D eigenvalue weighted by Gasteiger charge is 2.18. The first-order valence-electron chi connectivity index (χ1n) is 6.11. The molecule has 0 radical (unpaired) electrons. The Labute approximate surface area is 112 Å². The van der Waals surface area contributed by atoms with Gasteiger partial charge in [-0.3, -0.25) is 4.79 Å². The lowest BCUT2D eigenvalue weighted by molar-refractivity contribution is -0.144. The molecule has 1 N–H and O–H groups in total. The molecule has 1 aromatic carbocycles. The zero-order chi connectivity index (χ0) is 14.4. The van der Waals surface area contributed by atoms with Gasteiger partial charge in [-0.1, -0.05) is 6.07 Å². The smallest absolute Gasteiger partial charge is 0.328 e. The first-order valence-corrected chi connectivity index (χ1v) is 6.11. The molecule has 0 heterocycles. The van der Waals surface area contributed by atoms with E-state index in [2.05, 4.69) is 5.32 Å². The van der Waals surface area contributed by atoms with Crippen molar-refractivity contribution in [2.75, 3.05) is 13.7 Å². The van der Waals surface area contributed by atoms with E-state index in [4.69, 9.17) is 9.47 Å². The molecule has 0 saturated heterocycles. The van der Waals surface area contributed by atoms with Gasteiger partial charge in [0.05, 0.1) is 13.7 Å². The number of esters is 1. The van der Waals surface area contributed by atoms with Crippen molar-refractivity contribution in [3.63, 3.8) is 0 Å². The molecule has 0 aliphatic heterocycles. The molecule has 1 amide bonds. The Bertz CT molecular complexity index is 471. The van der Waals surface area contributed by atoms with Crippen LogP contribution in [0.25, 0.3) is 0 Å². The summed E-state index contributed by atoms with van der Waals surface area (Å²) in [6.07, 6.45) is 0. The van der Waals surface area contributed by atoms with Crippen LogP contribution in [-0.4, -0.2) is 31.6 Å². The fourth-order valence-corrected chi connectivity index (χ4v) is 1.57. The lowest BCUT2D eigenvalue weighted by atomic mass is 10.1. The van der Waals surface area contributed by atoms with E-state index in [9.17, 15) is 9.59 Å². The third kappa shape index (κ3) is 3.98. The summed E-state index contributed by atoms with van der Waals surface area (Å²) in [5.74, 6) is -0.148. The highest BCUT2D eigenvalue weighted by atomic mass is 16.5. The van der Waals surface area contributed by atoms with Gasteiger partial charge in [0.15, 0.2) is 0 Å². The third-order valence-corrected chi connectivity index (χ3v) is 2.66. The van der Waals surface area contributed by atoms with Crippen LogP contribution in [0.4, 0.5) is 0 Å². The van der Waals surface area contributed by atoms with E-state index < -0.39 is 12.0 Å². The highest BCUT2D eigenvalue weighted by molar-refractivity contribution is 5.97. The van der Waals surface area contributed by atoms with Crippen LogP contribution in [-0.2, 0) is 9.53 Å². The molecule has 1 atom stereocenters. The van der Waals surface area contributed by atoms with Crippen LogP contribution in [0.2, 0.25) is 0 Å². The average Bonchev–Trinajstić information content (AvgIpc) is 2.39. The summed E-state index contributed by atoms with van der Waals surface area (Å²) < 4.78 is 9.98. The molecule has 0 bridgehead atoms. The van der Waals surface area contributed by atoms with Gasteiger partial charge in [0.25, 0.3) is 5.91 Å². The second kappa shape index (κ2) is 6.78. The predicted molar refractivity (Wildman–Crippen MR) is 71.3 cm³/mol. The number of ether oxygens (including phenoxy) is 2. The lowest BCUT2D eigenvalue weighted by Gasteiger charge is -2.13. The number of nitrogens with one attached hydrogen (secondary N) is 1. The van der Waals surface area contributed by atoms with Gasteiger partial charge in [-0.25, -0.2) is 4.79 Å². The zero-order valence-electron chi connectivity index (χ0n) is 11.6. The third-order valence-electron chi connectivity index (χ3n) is 2.66. The van der Waals surface area contributed by atoms with Crippen LogP contribution in [0.1, 0.15) is 29.8 Å². The first-order chi connectivity index (χ1) is 8.99. The molecule has 0 aliphatic rings. The van der Waals surface area contributed by atoms with E-state index in [0.29, 0.717) is 11.3 Å². The molecule has 0 fully saturated rings. The molecule has 0 saturated carbocycles. The summed E-state index contributed by atoms with van der Waals surface area (Å²) >= 11 is 0. The Morgan fingerprint density at radius 2 is 2.05 bits per heavy atom. The molecule has 1 unspecified atom stereocenters. The molecule has 104 valence electrons. The van der Waals surface area contributed by atoms with Crippen LogP contribution in [0.5, 0.6) is 5.75 Å². The molecule has 5 heteroatoms. The second-order valence-electron chi connectivity index (χ2n) is 4.13. The molecule has 0 aliphatic carbocycles. The Hall–Kier alpha value is -2.04. The summed E-state index contributed by atoms with van der Waals surface area (Å²) in [6, 6.07) is 4.44. The molecular formula is C14H19NO4. The fraction of sp³-hybridized carbons (Fsp3) is 0.429. The number of methoxy groups -OCH3 is 1. The van der Waals surface area contributed by atoms with Crippen LogP contribution < -0.4 is 10.1 Å². The number of rotatable bonds is 5. The van der Waals surface area contributed by atoms with Gasteiger partial charge in [-0.2, -0.15) is 0 Å². The summed E-state index contributed by atoms with van der Waals surface area (Å²) in [7, 11) is 1.55. The summed E-state index contributed by atoms with van der Waals surface area (Å²) in [4.78, 5) is 23.4. The summed E-state index contributed by atoms with van der Waals surface area (Å²) in [6.45, 7) is 5.48. The predicted octanol–water partition coefficient (Wildman–Crippen LogP) is 1.69. The van der Waals surface area contributed by atoms with E-state index >= 15 is 0 Å². The minimum absolute atomic E-state index is 0.289. The van der Waals surface area contributed by atoms with Gasteiger partial charge >= 0.3 is 5.97 Å². The summed E-state index contributed by atoms with van der Waals surface area (Å²) in [5, 5.41) is 2.58. The molecule has 0 spiro atoms. The van der Waals surface area contributed by atoms with E-state index in [1.54, 1.807) is 39.2 Å². The highest BCUT2D eigenvalue weighted by Crippen LogP contribution is 2.18. The molecule has 19 heavy (non-hydrogen) atoms. The van der Waals surface area contributed by atoms with E-state index in [-0.39, 0.29) is 12.5 Å². The fourth-order valence-electron chi connectivity index (χ4n) is 1.57. The topological polar surface area (TPSA) is 64.6 Å².